The Kier molecular flexibility index (Phi) is 9.82. The fourth-order valence-corrected chi connectivity index (χ4v) is 3.87. The molecule has 0 aliphatic heterocycles. The molecule has 0 aliphatic rings. The molecule has 3 aromatic carbocycles. The van der Waals surface area contributed by atoms with Crippen molar-refractivity contribution in [2.45, 2.75) is 25.6 Å². The highest BCUT2D eigenvalue weighted by Gasteiger charge is 2.15. The summed E-state index contributed by atoms with van der Waals surface area (Å²) in [6, 6.07) is 16.7. The topological polar surface area (TPSA) is 142 Å². The highest BCUT2D eigenvalue weighted by Crippen LogP contribution is 2.29. The zero-order chi connectivity index (χ0) is 26.9. The number of carbonyl (C=O) groups is 2. The minimum Gasteiger partial charge on any atom is -0.491 e. The summed E-state index contributed by atoms with van der Waals surface area (Å²) in [6.45, 7) is 1.68. The molecule has 0 unspecified atom stereocenters. The minimum atomic E-state index is -1.12. The maximum absolute atomic E-state index is 11.0. The number of benzene rings is 3. The summed E-state index contributed by atoms with van der Waals surface area (Å²) in [7, 11) is 0. The van der Waals surface area contributed by atoms with Gasteiger partial charge in [-0.2, -0.15) is 0 Å². The van der Waals surface area contributed by atoms with E-state index in [-0.39, 0.29) is 13.2 Å². The number of nitrogens with one attached hydrogen (secondary N) is 1. The van der Waals surface area contributed by atoms with E-state index in [1.165, 1.54) is 0 Å². The molecular weight excluding hydrogens is 496 g/mol. The summed E-state index contributed by atoms with van der Waals surface area (Å²) in [5.41, 5.74) is 11.2. The van der Waals surface area contributed by atoms with Crippen molar-refractivity contribution in [1.82, 2.24) is 5.32 Å². The predicted molar refractivity (Wildman–Crippen MR) is 143 cm³/mol. The molecule has 9 heteroatoms. The van der Waals surface area contributed by atoms with E-state index < -0.39 is 30.6 Å². The van der Waals surface area contributed by atoms with Crippen molar-refractivity contribution in [3.05, 3.63) is 87.9 Å². The van der Waals surface area contributed by atoms with Gasteiger partial charge in [0.25, 0.3) is 0 Å². The van der Waals surface area contributed by atoms with Gasteiger partial charge >= 0.3 is 11.9 Å². The van der Waals surface area contributed by atoms with Crippen molar-refractivity contribution in [3.8, 4) is 16.9 Å². The van der Waals surface area contributed by atoms with E-state index in [9.17, 15) is 9.59 Å². The van der Waals surface area contributed by atoms with Crippen LogP contribution >= 0.6 is 11.6 Å². The maximum atomic E-state index is 11.0. The molecule has 0 spiro atoms. The third-order valence-electron chi connectivity index (χ3n) is 5.83. The second-order valence-electron chi connectivity index (χ2n) is 8.44. The standard InChI is InChI=1S/C28H29ClN2O6/c1-17-19(7-8-21-6-5-18(13-24(21)29)14-31-26(15-32)28(35)36)3-2-4-23(17)20-9-11-22(12-10-20)37-16-25(30)27(33)34/h2-13,25-26,31-32H,14-16,30H2,1H3,(H,33,34)(H,35,36)/b8-7+/t25-,26-/m0/s1. The molecule has 0 fully saturated rings. The van der Waals surface area contributed by atoms with Gasteiger partial charge in [-0.05, 0) is 58.5 Å². The SMILES string of the molecule is Cc1c(/C=C/c2ccc(CN[C@@H](CO)C(=O)O)cc2Cl)cccc1-c1ccc(OC[C@H](N)C(=O)O)cc1. The van der Waals surface area contributed by atoms with Crippen LogP contribution in [0.25, 0.3) is 23.3 Å². The molecule has 0 radical (unpaired) electrons. The van der Waals surface area contributed by atoms with Crippen LogP contribution in [-0.2, 0) is 16.1 Å². The van der Waals surface area contributed by atoms with E-state index in [1.807, 2.05) is 61.5 Å². The number of rotatable bonds is 12. The predicted octanol–water partition coefficient (Wildman–Crippen LogP) is 3.81. The van der Waals surface area contributed by atoms with Gasteiger partial charge in [0.05, 0.1) is 6.61 Å². The molecule has 0 saturated heterocycles. The third kappa shape index (κ3) is 7.65. The van der Waals surface area contributed by atoms with Crippen LogP contribution in [0.1, 0.15) is 22.3 Å². The Balaban J connectivity index is 1.71. The molecular formula is C28H29ClN2O6. The van der Waals surface area contributed by atoms with Gasteiger partial charge in [0.2, 0.25) is 0 Å². The number of ether oxygens (including phenoxy) is 1. The Bertz CT molecular complexity index is 1280. The molecule has 3 aromatic rings. The lowest BCUT2D eigenvalue weighted by Crippen LogP contribution is -2.39. The zero-order valence-electron chi connectivity index (χ0n) is 20.2. The number of aliphatic hydroxyl groups is 1. The number of aliphatic hydroxyl groups excluding tert-OH is 1. The number of halogens is 1. The fraction of sp³-hybridized carbons (Fsp3) is 0.214. The average Bonchev–Trinajstić information content (AvgIpc) is 2.88. The highest BCUT2D eigenvalue weighted by atomic mass is 35.5. The Labute approximate surface area is 220 Å². The lowest BCUT2D eigenvalue weighted by molar-refractivity contribution is -0.141. The molecule has 0 bridgehead atoms. The Morgan fingerprint density at radius 2 is 1.73 bits per heavy atom. The van der Waals surface area contributed by atoms with Crippen molar-refractivity contribution >= 4 is 35.7 Å². The van der Waals surface area contributed by atoms with Crippen LogP contribution in [0.5, 0.6) is 5.75 Å². The van der Waals surface area contributed by atoms with Gasteiger partial charge in [-0.3, -0.25) is 14.9 Å². The van der Waals surface area contributed by atoms with Crippen LogP contribution in [0.4, 0.5) is 0 Å². The molecule has 37 heavy (non-hydrogen) atoms. The smallest absolute Gasteiger partial charge is 0.324 e. The molecule has 0 heterocycles. The number of aliphatic carboxylic acids is 2. The molecule has 0 saturated carbocycles. The van der Waals surface area contributed by atoms with Crippen LogP contribution < -0.4 is 15.8 Å². The largest absolute Gasteiger partial charge is 0.491 e. The summed E-state index contributed by atoms with van der Waals surface area (Å²) in [5.74, 6) is -1.69. The van der Waals surface area contributed by atoms with Gasteiger partial charge in [0.15, 0.2) is 0 Å². The van der Waals surface area contributed by atoms with Gasteiger partial charge in [-0.15, -0.1) is 0 Å². The second kappa shape index (κ2) is 13.0. The normalized spacial score (nSPS) is 12.9. The van der Waals surface area contributed by atoms with Crippen molar-refractivity contribution in [2.75, 3.05) is 13.2 Å². The average molecular weight is 525 g/mol. The van der Waals surface area contributed by atoms with Crippen LogP contribution in [0.3, 0.4) is 0 Å². The molecule has 6 N–H and O–H groups in total. The molecule has 3 rings (SSSR count). The molecule has 0 amide bonds. The van der Waals surface area contributed by atoms with Crippen LogP contribution in [0.2, 0.25) is 5.02 Å². The van der Waals surface area contributed by atoms with Crippen LogP contribution in [-0.4, -0.2) is 52.6 Å². The Hall–Kier alpha value is -3.69. The zero-order valence-corrected chi connectivity index (χ0v) is 21.0. The first kappa shape index (κ1) is 27.9. The van der Waals surface area contributed by atoms with Gasteiger partial charge in [-0.25, -0.2) is 0 Å². The lowest BCUT2D eigenvalue weighted by Gasteiger charge is -2.12. The molecule has 0 aromatic heterocycles. The Morgan fingerprint density at radius 3 is 2.35 bits per heavy atom. The summed E-state index contributed by atoms with van der Waals surface area (Å²) in [5, 5.41) is 30.3. The minimum absolute atomic E-state index is 0.112. The number of hydrogen-bond acceptors (Lipinski definition) is 6. The van der Waals surface area contributed by atoms with Crippen LogP contribution in [0.15, 0.2) is 60.7 Å². The number of hydrogen-bond donors (Lipinski definition) is 5. The summed E-state index contributed by atoms with van der Waals surface area (Å²) in [4.78, 5) is 21.9. The fourth-order valence-electron chi connectivity index (χ4n) is 3.60. The van der Waals surface area contributed by atoms with Crippen molar-refractivity contribution in [3.63, 3.8) is 0 Å². The van der Waals surface area contributed by atoms with E-state index in [2.05, 4.69) is 5.32 Å². The number of carboxylic acids is 2. The summed E-state index contributed by atoms with van der Waals surface area (Å²) < 4.78 is 5.45. The lowest BCUT2D eigenvalue weighted by atomic mass is 9.96. The first-order chi connectivity index (χ1) is 17.7. The van der Waals surface area contributed by atoms with Gasteiger partial charge in [-0.1, -0.05) is 66.2 Å². The molecule has 2 atom stereocenters. The van der Waals surface area contributed by atoms with E-state index in [0.717, 1.165) is 33.4 Å². The molecule has 194 valence electrons. The van der Waals surface area contributed by atoms with Crippen molar-refractivity contribution < 1.29 is 29.6 Å². The monoisotopic (exact) mass is 524 g/mol. The van der Waals surface area contributed by atoms with E-state index >= 15 is 0 Å². The van der Waals surface area contributed by atoms with E-state index in [0.29, 0.717) is 10.8 Å². The van der Waals surface area contributed by atoms with Gasteiger partial charge in [0, 0.05) is 11.6 Å². The first-order valence-electron chi connectivity index (χ1n) is 11.5. The molecule has 8 nitrogen and oxygen atoms in total. The van der Waals surface area contributed by atoms with Crippen molar-refractivity contribution in [2.24, 2.45) is 5.73 Å². The summed E-state index contributed by atoms with van der Waals surface area (Å²) >= 11 is 6.45. The van der Waals surface area contributed by atoms with Gasteiger partial charge in [0.1, 0.15) is 24.4 Å². The number of nitrogens with two attached hydrogens (primary N) is 1. The van der Waals surface area contributed by atoms with Gasteiger partial charge < -0.3 is 25.8 Å². The highest BCUT2D eigenvalue weighted by molar-refractivity contribution is 6.32. The first-order valence-corrected chi connectivity index (χ1v) is 11.9. The van der Waals surface area contributed by atoms with E-state index in [4.69, 9.17) is 37.4 Å². The van der Waals surface area contributed by atoms with Crippen LogP contribution in [0, 0.1) is 6.92 Å². The quantitative estimate of drug-likeness (QED) is 0.225. The second-order valence-corrected chi connectivity index (χ2v) is 8.85. The number of carboxylic acid groups (broad SMARTS) is 2. The Morgan fingerprint density at radius 1 is 1.03 bits per heavy atom. The van der Waals surface area contributed by atoms with Crippen molar-refractivity contribution in [1.29, 1.82) is 0 Å². The molecule has 0 aliphatic carbocycles. The summed E-state index contributed by atoms with van der Waals surface area (Å²) in [6.07, 6.45) is 3.90. The maximum Gasteiger partial charge on any atom is 0.324 e. The van der Waals surface area contributed by atoms with E-state index in [1.54, 1.807) is 18.2 Å². The third-order valence-corrected chi connectivity index (χ3v) is 6.16.